The van der Waals surface area contributed by atoms with Crippen LogP contribution in [-0.4, -0.2) is 27.1 Å². The molecule has 3 aromatic carbocycles. The van der Waals surface area contributed by atoms with Crippen LogP contribution in [0.2, 0.25) is 0 Å². The fourth-order valence-electron chi connectivity index (χ4n) is 4.63. The minimum Gasteiger partial charge on any atom is -0.485 e. The molecular weight excluding hydrogens is 556 g/mol. The van der Waals surface area contributed by atoms with Gasteiger partial charge in [-0.15, -0.1) is 5.10 Å². The van der Waals surface area contributed by atoms with Gasteiger partial charge >= 0.3 is 0 Å². The number of para-hydroxylation sites is 2. The second-order valence-electron chi connectivity index (χ2n) is 8.68. The van der Waals surface area contributed by atoms with Gasteiger partial charge in [0.1, 0.15) is 11.1 Å². The highest BCUT2D eigenvalue weighted by Crippen LogP contribution is 2.38. The van der Waals surface area contributed by atoms with Crippen molar-refractivity contribution in [3.63, 3.8) is 0 Å². The van der Waals surface area contributed by atoms with E-state index in [0.717, 1.165) is 27.1 Å². The van der Waals surface area contributed by atoms with Crippen LogP contribution in [0.5, 0.6) is 11.5 Å². The number of rotatable bonds is 3. The highest BCUT2D eigenvalue weighted by Gasteiger charge is 2.35. The molecule has 0 saturated heterocycles. The first-order chi connectivity index (χ1) is 18.1. The maximum Gasteiger partial charge on any atom is 0.291 e. The Kier molecular flexibility index (Phi) is 5.12. The van der Waals surface area contributed by atoms with Crippen LogP contribution >= 0.6 is 27.3 Å². The molecule has 2 aromatic heterocycles. The molecule has 1 atom stereocenters. The number of nitrogens with zero attached hydrogens (tertiary/aromatic N) is 4. The van der Waals surface area contributed by atoms with Gasteiger partial charge in [-0.1, -0.05) is 69.7 Å². The van der Waals surface area contributed by atoms with E-state index in [1.807, 2.05) is 72.8 Å². The van der Waals surface area contributed by atoms with E-state index < -0.39 is 6.10 Å². The van der Waals surface area contributed by atoms with Crippen LogP contribution in [0, 0.1) is 0 Å². The molecule has 0 fully saturated rings. The van der Waals surface area contributed by atoms with E-state index in [2.05, 4.69) is 26.0 Å². The molecule has 10 heteroatoms. The number of benzene rings is 3. The lowest BCUT2D eigenvalue weighted by molar-refractivity contribution is -0.113. The number of thiazole rings is 1. The van der Waals surface area contributed by atoms with Crippen LogP contribution in [-0.2, 0) is 11.3 Å². The van der Waals surface area contributed by atoms with E-state index in [1.165, 1.54) is 4.52 Å². The number of amides is 1. The molecule has 182 valence electrons. The lowest BCUT2D eigenvalue weighted by atomic mass is 10.1. The average molecular weight is 573 g/mol. The summed E-state index contributed by atoms with van der Waals surface area (Å²) in [6, 6.07) is 22.8. The summed E-state index contributed by atoms with van der Waals surface area (Å²) in [6.45, 7) is 0.638. The largest absolute Gasteiger partial charge is 0.485 e. The minimum atomic E-state index is -0.538. The molecule has 5 aromatic rings. The number of fused-ring (bicyclic) bond motifs is 3. The Hall–Kier alpha value is -4.02. The van der Waals surface area contributed by atoms with Crippen LogP contribution < -0.4 is 24.5 Å². The Morgan fingerprint density at radius 2 is 1.78 bits per heavy atom. The number of ether oxygens (including phenoxy) is 2. The first kappa shape index (κ1) is 22.2. The van der Waals surface area contributed by atoms with Gasteiger partial charge in [-0.05, 0) is 35.9 Å². The lowest BCUT2D eigenvalue weighted by Gasteiger charge is -2.24. The Labute approximate surface area is 222 Å². The first-order valence-electron chi connectivity index (χ1n) is 11.5. The molecule has 0 radical (unpaired) electrons. The second-order valence-corrected chi connectivity index (χ2v) is 10.6. The topological polar surface area (TPSA) is 86.0 Å². The maximum absolute atomic E-state index is 13.7. The van der Waals surface area contributed by atoms with Crippen molar-refractivity contribution in [2.75, 3.05) is 11.5 Å². The fourth-order valence-corrected chi connectivity index (χ4v) is 6.00. The van der Waals surface area contributed by atoms with E-state index in [4.69, 9.17) is 9.47 Å². The fraction of sp³-hybridized carbons (Fsp3) is 0.111. The molecule has 4 heterocycles. The van der Waals surface area contributed by atoms with E-state index in [1.54, 1.807) is 4.90 Å². The maximum atomic E-state index is 13.7. The zero-order valence-electron chi connectivity index (χ0n) is 19.1. The molecule has 1 amide bonds. The molecular formula is C27H17BrN4O4S. The number of anilines is 1. The standard InChI is InChI=1S/C27H17BrN4O4S/c28-16-10-11-18-17(12-16)22(25(33)31(18)13-15-6-2-1-3-7-15)23-26(34)32-27(37-23)29-24(30-32)21-14-35-19-8-4-5-9-20(19)36-21/h1-12,21H,13-14H2. The average Bonchev–Trinajstić information content (AvgIpc) is 3.55. The molecule has 2 aliphatic heterocycles. The van der Waals surface area contributed by atoms with Gasteiger partial charge < -0.3 is 14.4 Å². The Morgan fingerprint density at radius 1 is 1.00 bits per heavy atom. The lowest BCUT2D eigenvalue weighted by Crippen LogP contribution is -2.32. The summed E-state index contributed by atoms with van der Waals surface area (Å²) < 4.78 is 14.2. The van der Waals surface area contributed by atoms with Crippen molar-refractivity contribution >= 4 is 49.4 Å². The van der Waals surface area contributed by atoms with Crippen molar-refractivity contribution in [1.82, 2.24) is 14.6 Å². The van der Waals surface area contributed by atoms with Gasteiger partial charge in [-0.3, -0.25) is 9.59 Å². The molecule has 8 nitrogen and oxygen atoms in total. The van der Waals surface area contributed by atoms with Gasteiger partial charge in [-0.2, -0.15) is 9.50 Å². The van der Waals surface area contributed by atoms with Crippen molar-refractivity contribution in [3.05, 3.63) is 109 Å². The summed E-state index contributed by atoms with van der Waals surface area (Å²) >= 11 is 4.66. The van der Waals surface area contributed by atoms with Crippen molar-refractivity contribution in [1.29, 1.82) is 0 Å². The van der Waals surface area contributed by atoms with Gasteiger partial charge in [0.25, 0.3) is 11.5 Å². The van der Waals surface area contributed by atoms with Crippen molar-refractivity contribution in [2.45, 2.75) is 12.6 Å². The molecule has 0 spiro atoms. The summed E-state index contributed by atoms with van der Waals surface area (Å²) in [5, 5.41) is 4.44. The third-order valence-corrected chi connectivity index (χ3v) is 7.88. The van der Waals surface area contributed by atoms with Crippen molar-refractivity contribution in [3.8, 4) is 11.5 Å². The van der Waals surface area contributed by atoms with Crippen LogP contribution in [0.15, 0.2) is 82.1 Å². The highest BCUT2D eigenvalue weighted by atomic mass is 79.9. The number of carbonyl (C=O) groups is 1. The van der Waals surface area contributed by atoms with Crippen molar-refractivity contribution in [2.24, 2.45) is 0 Å². The van der Waals surface area contributed by atoms with Crippen LogP contribution in [0.25, 0.3) is 10.5 Å². The molecule has 0 saturated carbocycles. The summed E-state index contributed by atoms with van der Waals surface area (Å²) in [5.74, 6) is 1.40. The number of hydrogen-bond donors (Lipinski definition) is 0. The number of hydrogen-bond acceptors (Lipinski definition) is 7. The predicted molar refractivity (Wildman–Crippen MR) is 142 cm³/mol. The summed E-state index contributed by atoms with van der Waals surface area (Å²) in [5.41, 5.74) is 2.45. The third kappa shape index (κ3) is 3.63. The SMILES string of the molecule is O=C1C(=c2sc3nc(C4COc5ccccc5O4)nn3c2=O)c2cc(Br)ccc2N1Cc1ccccc1. The predicted octanol–water partition coefficient (Wildman–Crippen LogP) is 3.89. The monoisotopic (exact) mass is 572 g/mol. The van der Waals surface area contributed by atoms with E-state index in [9.17, 15) is 9.59 Å². The highest BCUT2D eigenvalue weighted by molar-refractivity contribution is 9.10. The van der Waals surface area contributed by atoms with E-state index in [0.29, 0.717) is 44.5 Å². The molecule has 0 bridgehead atoms. The normalized spacial score (nSPS) is 17.9. The molecule has 0 aliphatic carbocycles. The third-order valence-electron chi connectivity index (χ3n) is 6.36. The quantitative estimate of drug-likeness (QED) is 0.326. The Bertz CT molecular complexity index is 1820. The van der Waals surface area contributed by atoms with Gasteiger partial charge in [0.2, 0.25) is 4.96 Å². The zero-order chi connectivity index (χ0) is 25.1. The summed E-state index contributed by atoms with van der Waals surface area (Å²) in [6.07, 6.45) is -0.538. The molecule has 2 aliphatic rings. The van der Waals surface area contributed by atoms with Gasteiger partial charge in [0, 0.05) is 10.0 Å². The minimum absolute atomic E-state index is 0.223. The van der Waals surface area contributed by atoms with Crippen LogP contribution in [0.3, 0.4) is 0 Å². The van der Waals surface area contributed by atoms with Gasteiger partial charge in [0.05, 0.1) is 17.8 Å². The van der Waals surface area contributed by atoms with Crippen LogP contribution in [0.4, 0.5) is 5.69 Å². The van der Waals surface area contributed by atoms with Gasteiger partial charge in [0.15, 0.2) is 23.4 Å². The first-order valence-corrected chi connectivity index (χ1v) is 13.2. The van der Waals surface area contributed by atoms with E-state index in [-0.39, 0.29) is 18.1 Å². The Balaban J connectivity index is 1.32. The molecule has 7 rings (SSSR count). The number of halogens is 1. The summed E-state index contributed by atoms with van der Waals surface area (Å²) in [4.78, 5) is 33.9. The molecule has 1 unspecified atom stereocenters. The molecule has 0 N–H and O–H groups in total. The van der Waals surface area contributed by atoms with Crippen molar-refractivity contribution < 1.29 is 14.3 Å². The van der Waals surface area contributed by atoms with Crippen LogP contribution in [0.1, 0.15) is 23.1 Å². The smallest absolute Gasteiger partial charge is 0.291 e. The van der Waals surface area contributed by atoms with E-state index >= 15 is 0 Å². The molecule has 37 heavy (non-hydrogen) atoms. The number of carbonyl (C=O) groups excluding carboxylic acids is 1. The zero-order valence-corrected chi connectivity index (χ0v) is 21.5. The Morgan fingerprint density at radius 3 is 2.59 bits per heavy atom. The van der Waals surface area contributed by atoms with Gasteiger partial charge in [-0.25, -0.2) is 0 Å². The second kappa shape index (κ2) is 8.53. The number of aromatic nitrogens is 3. The summed E-state index contributed by atoms with van der Waals surface area (Å²) in [7, 11) is 0.